The van der Waals surface area contributed by atoms with Gasteiger partial charge in [0.1, 0.15) is 11.8 Å². The average molecular weight is 438 g/mol. The van der Waals surface area contributed by atoms with E-state index >= 15 is 0 Å². The number of carbonyl (C=O) groups is 1. The summed E-state index contributed by atoms with van der Waals surface area (Å²) in [5.41, 5.74) is 3.52. The van der Waals surface area contributed by atoms with Gasteiger partial charge in [-0.05, 0) is 30.7 Å². The number of hydrogen-bond donors (Lipinski definition) is 2. The molecule has 0 bridgehead atoms. The molecule has 164 valence electrons. The Bertz CT molecular complexity index is 1330. The molecule has 1 aliphatic rings. The van der Waals surface area contributed by atoms with Gasteiger partial charge in [0, 0.05) is 23.7 Å². The third-order valence-electron chi connectivity index (χ3n) is 5.48. The van der Waals surface area contributed by atoms with Gasteiger partial charge in [0.2, 0.25) is 5.95 Å². The molecule has 33 heavy (non-hydrogen) atoms. The molecule has 4 aromatic rings. The predicted octanol–water partition coefficient (Wildman–Crippen LogP) is 4.28. The molecule has 0 saturated carbocycles. The molecule has 3 heterocycles. The molecule has 5 rings (SSSR count). The Labute approximate surface area is 191 Å². The van der Waals surface area contributed by atoms with Gasteiger partial charge in [-0.1, -0.05) is 48.5 Å². The third-order valence-corrected chi connectivity index (χ3v) is 5.48. The molecule has 0 fully saturated rings. The predicted molar refractivity (Wildman–Crippen MR) is 126 cm³/mol. The highest BCUT2D eigenvalue weighted by atomic mass is 16.5. The quantitative estimate of drug-likeness (QED) is 0.483. The number of para-hydroxylation sites is 2. The van der Waals surface area contributed by atoms with Crippen LogP contribution < -0.4 is 15.4 Å². The monoisotopic (exact) mass is 438 g/mol. The van der Waals surface area contributed by atoms with E-state index in [2.05, 4.69) is 20.6 Å². The second kappa shape index (κ2) is 8.58. The fraction of sp³-hybridized carbons (Fsp3) is 0.120. The van der Waals surface area contributed by atoms with E-state index in [1.807, 2.05) is 61.5 Å². The Kier molecular flexibility index (Phi) is 5.32. The van der Waals surface area contributed by atoms with Crippen LogP contribution in [0.2, 0.25) is 0 Å². The van der Waals surface area contributed by atoms with E-state index in [9.17, 15) is 4.79 Å². The van der Waals surface area contributed by atoms with Crippen molar-refractivity contribution in [2.45, 2.75) is 13.0 Å². The molecule has 0 unspecified atom stereocenters. The summed E-state index contributed by atoms with van der Waals surface area (Å²) in [5, 5.41) is 11.0. The van der Waals surface area contributed by atoms with Crippen LogP contribution in [0.5, 0.6) is 5.75 Å². The van der Waals surface area contributed by atoms with Crippen LogP contribution in [0.1, 0.15) is 18.5 Å². The van der Waals surface area contributed by atoms with Gasteiger partial charge in [-0.2, -0.15) is 4.98 Å². The Hall–Kier alpha value is -4.46. The molecule has 8 heteroatoms. The summed E-state index contributed by atoms with van der Waals surface area (Å²) < 4.78 is 7.14. The van der Waals surface area contributed by atoms with Crippen molar-refractivity contribution in [3.05, 3.63) is 96.0 Å². The van der Waals surface area contributed by atoms with Crippen molar-refractivity contribution in [2.24, 2.45) is 0 Å². The average Bonchev–Trinajstić information content (AvgIpc) is 3.28. The van der Waals surface area contributed by atoms with E-state index in [4.69, 9.17) is 9.84 Å². The summed E-state index contributed by atoms with van der Waals surface area (Å²) in [7, 11) is 1.57. The van der Waals surface area contributed by atoms with Crippen molar-refractivity contribution in [1.29, 1.82) is 0 Å². The number of benzene rings is 2. The van der Waals surface area contributed by atoms with Crippen LogP contribution in [-0.2, 0) is 4.79 Å². The number of nitrogens with zero attached hydrogens (tertiary/aromatic N) is 4. The van der Waals surface area contributed by atoms with Crippen LogP contribution in [0.3, 0.4) is 0 Å². The fourth-order valence-corrected chi connectivity index (χ4v) is 3.94. The van der Waals surface area contributed by atoms with E-state index in [1.165, 1.54) is 0 Å². The number of nitrogens with one attached hydrogen (secondary N) is 2. The topological polar surface area (TPSA) is 94.0 Å². The normalized spacial score (nSPS) is 14.9. The SMILES string of the molecule is COc1ccccc1NC(=O)C1=C(C)Nc2nc(-c3ccccc3)nn2[C@H]1c1cccnc1. The maximum absolute atomic E-state index is 13.6. The highest BCUT2D eigenvalue weighted by Crippen LogP contribution is 2.37. The summed E-state index contributed by atoms with van der Waals surface area (Å²) in [6.45, 7) is 1.86. The molecule has 0 spiro atoms. The third kappa shape index (κ3) is 3.82. The number of methoxy groups -OCH3 is 1. The zero-order valence-corrected chi connectivity index (χ0v) is 18.2. The standard InChI is InChI=1S/C25H22N6O2/c1-16-21(24(32)28-19-12-6-7-13-20(19)33-2)22(18-11-8-14-26-15-18)31-25(27-16)29-23(30-31)17-9-4-3-5-10-17/h3-15,22H,1-2H3,(H,28,32)(H,27,29,30)/t22-/m0/s1. The molecule has 0 radical (unpaired) electrons. The summed E-state index contributed by atoms with van der Waals surface area (Å²) in [6, 6.07) is 20.3. The van der Waals surface area contributed by atoms with Gasteiger partial charge in [-0.15, -0.1) is 5.10 Å². The van der Waals surface area contributed by atoms with Gasteiger partial charge in [0.15, 0.2) is 5.82 Å². The van der Waals surface area contributed by atoms with Crippen molar-refractivity contribution in [3.8, 4) is 17.1 Å². The lowest BCUT2D eigenvalue weighted by Gasteiger charge is -2.28. The first-order chi connectivity index (χ1) is 16.2. The van der Waals surface area contributed by atoms with Gasteiger partial charge >= 0.3 is 0 Å². The Morgan fingerprint density at radius 1 is 1.06 bits per heavy atom. The van der Waals surface area contributed by atoms with Crippen LogP contribution in [0.15, 0.2) is 90.4 Å². The fourth-order valence-electron chi connectivity index (χ4n) is 3.94. The van der Waals surface area contributed by atoms with Crippen LogP contribution in [0.4, 0.5) is 11.6 Å². The van der Waals surface area contributed by atoms with Crippen molar-refractivity contribution < 1.29 is 9.53 Å². The number of hydrogen-bond acceptors (Lipinski definition) is 6. The van der Waals surface area contributed by atoms with E-state index < -0.39 is 6.04 Å². The number of ether oxygens (including phenoxy) is 1. The molecule has 8 nitrogen and oxygen atoms in total. The zero-order valence-electron chi connectivity index (χ0n) is 18.2. The molecule has 2 aromatic carbocycles. The van der Waals surface area contributed by atoms with Gasteiger partial charge in [-0.25, -0.2) is 4.68 Å². The second-order valence-electron chi connectivity index (χ2n) is 7.58. The highest BCUT2D eigenvalue weighted by Gasteiger charge is 2.34. The number of amides is 1. The second-order valence-corrected chi connectivity index (χ2v) is 7.58. The lowest BCUT2D eigenvalue weighted by atomic mass is 9.96. The van der Waals surface area contributed by atoms with Crippen LogP contribution in [0, 0.1) is 0 Å². The highest BCUT2D eigenvalue weighted by molar-refractivity contribution is 6.06. The van der Waals surface area contributed by atoms with E-state index in [0.29, 0.717) is 34.5 Å². The van der Waals surface area contributed by atoms with Gasteiger partial charge in [0.25, 0.3) is 5.91 Å². The molecule has 0 saturated heterocycles. The number of aromatic nitrogens is 4. The summed E-state index contributed by atoms with van der Waals surface area (Å²) in [6.07, 6.45) is 3.45. The largest absolute Gasteiger partial charge is 0.495 e. The van der Waals surface area contributed by atoms with Crippen molar-refractivity contribution in [3.63, 3.8) is 0 Å². The minimum atomic E-state index is -0.505. The molecule has 2 aromatic heterocycles. The van der Waals surface area contributed by atoms with Crippen LogP contribution >= 0.6 is 0 Å². The lowest BCUT2D eigenvalue weighted by Crippen LogP contribution is -2.31. The van der Waals surface area contributed by atoms with Crippen molar-refractivity contribution >= 4 is 17.5 Å². The first kappa shape index (κ1) is 20.4. The number of pyridine rings is 1. The zero-order chi connectivity index (χ0) is 22.8. The number of rotatable bonds is 5. The molecule has 1 aliphatic heterocycles. The number of carbonyl (C=O) groups excluding carboxylic acids is 1. The van der Waals surface area contributed by atoms with Crippen LogP contribution in [-0.4, -0.2) is 32.8 Å². The van der Waals surface area contributed by atoms with Gasteiger partial charge in [0.05, 0.1) is 18.4 Å². The van der Waals surface area contributed by atoms with Crippen LogP contribution in [0.25, 0.3) is 11.4 Å². The molecule has 2 N–H and O–H groups in total. The molecule has 1 atom stereocenters. The summed E-state index contributed by atoms with van der Waals surface area (Å²) >= 11 is 0. The minimum Gasteiger partial charge on any atom is -0.495 e. The van der Waals surface area contributed by atoms with Gasteiger partial charge < -0.3 is 15.4 Å². The summed E-state index contributed by atoms with van der Waals surface area (Å²) in [4.78, 5) is 22.5. The number of anilines is 2. The minimum absolute atomic E-state index is 0.263. The molecule has 0 aliphatic carbocycles. The van der Waals surface area contributed by atoms with Gasteiger partial charge in [-0.3, -0.25) is 9.78 Å². The summed E-state index contributed by atoms with van der Waals surface area (Å²) in [5.74, 6) is 1.46. The number of fused-ring (bicyclic) bond motifs is 1. The van der Waals surface area contributed by atoms with Crippen molar-refractivity contribution in [2.75, 3.05) is 17.7 Å². The van der Waals surface area contributed by atoms with E-state index in [-0.39, 0.29) is 5.91 Å². The molecular formula is C25H22N6O2. The first-order valence-electron chi connectivity index (χ1n) is 10.5. The number of allylic oxidation sites excluding steroid dienone is 1. The molecule has 1 amide bonds. The molecular weight excluding hydrogens is 416 g/mol. The Balaban J connectivity index is 1.59. The maximum Gasteiger partial charge on any atom is 0.255 e. The van der Waals surface area contributed by atoms with E-state index in [1.54, 1.807) is 36.3 Å². The first-order valence-corrected chi connectivity index (χ1v) is 10.5. The van der Waals surface area contributed by atoms with Crippen molar-refractivity contribution in [1.82, 2.24) is 19.7 Å². The van der Waals surface area contributed by atoms with E-state index in [0.717, 1.165) is 11.1 Å². The lowest BCUT2D eigenvalue weighted by molar-refractivity contribution is -0.113. The maximum atomic E-state index is 13.6. The smallest absolute Gasteiger partial charge is 0.255 e. The Morgan fingerprint density at radius 3 is 2.61 bits per heavy atom. The Morgan fingerprint density at radius 2 is 1.85 bits per heavy atom.